The van der Waals surface area contributed by atoms with Gasteiger partial charge in [-0.15, -0.1) is 0 Å². The molecule has 1 saturated carbocycles. The van der Waals surface area contributed by atoms with E-state index < -0.39 is 6.04 Å². The molecule has 160 valence electrons. The Kier molecular flexibility index (Phi) is 8.34. The quantitative estimate of drug-likeness (QED) is 0.529. The molecule has 1 fully saturated rings. The highest BCUT2D eigenvalue weighted by Crippen LogP contribution is 2.21. The van der Waals surface area contributed by atoms with Crippen molar-refractivity contribution >= 4 is 39.3 Å². The van der Waals surface area contributed by atoms with Crippen molar-refractivity contribution in [3.63, 3.8) is 0 Å². The molecule has 1 aliphatic carbocycles. The lowest BCUT2D eigenvalue weighted by molar-refractivity contribution is -0.140. The second-order valence-electron chi connectivity index (χ2n) is 7.91. The lowest BCUT2D eigenvalue weighted by Gasteiger charge is -2.30. The fourth-order valence-electron chi connectivity index (χ4n) is 3.85. The Morgan fingerprint density at radius 2 is 1.80 bits per heavy atom. The molecule has 0 saturated heterocycles. The molecule has 0 spiro atoms. The number of carbonyl (C=O) groups is 2. The SMILES string of the molecule is CC(C(=O)NC1CCCC1)N(Cc1ccc(Br)cc1)C(=O)CCc1ccccc1Cl. The minimum Gasteiger partial charge on any atom is -0.352 e. The van der Waals surface area contributed by atoms with Gasteiger partial charge in [-0.1, -0.05) is 70.7 Å². The Hall–Kier alpha value is -1.85. The molecular formula is C24H28BrClN2O2. The fraction of sp³-hybridized carbons (Fsp3) is 0.417. The van der Waals surface area contributed by atoms with E-state index in [9.17, 15) is 9.59 Å². The van der Waals surface area contributed by atoms with E-state index >= 15 is 0 Å². The first-order chi connectivity index (χ1) is 14.4. The van der Waals surface area contributed by atoms with Crippen molar-refractivity contribution < 1.29 is 9.59 Å². The predicted octanol–water partition coefficient (Wildman–Crippen LogP) is 5.51. The first kappa shape index (κ1) is 22.8. The monoisotopic (exact) mass is 490 g/mol. The third-order valence-corrected chi connectivity index (χ3v) is 6.60. The van der Waals surface area contributed by atoms with Crippen LogP contribution >= 0.6 is 27.5 Å². The van der Waals surface area contributed by atoms with Gasteiger partial charge in [-0.05, 0) is 55.5 Å². The minimum absolute atomic E-state index is 0.0492. The Bertz CT molecular complexity index is 866. The number of halogens is 2. The van der Waals surface area contributed by atoms with Crippen LogP contribution in [0.3, 0.4) is 0 Å². The van der Waals surface area contributed by atoms with Crippen LogP contribution in [-0.4, -0.2) is 28.8 Å². The molecule has 30 heavy (non-hydrogen) atoms. The third kappa shape index (κ3) is 6.32. The number of rotatable bonds is 8. The van der Waals surface area contributed by atoms with Gasteiger partial charge in [0.2, 0.25) is 11.8 Å². The van der Waals surface area contributed by atoms with Gasteiger partial charge in [-0.3, -0.25) is 9.59 Å². The standard InChI is InChI=1S/C24H28BrClN2O2/c1-17(24(30)27-21-7-3-4-8-21)28(16-18-10-13-20(25)14-11-18)23(29)15-12-19-6-2-5-9-22(19)26/h2,5-6,9-11,13-14,17,21H,3-4,7-8,12,15-16H2,1H3,(H,27,30). The van der Waals surface area contributed by atoms with Crippen LogP contribution in [0.25, 0.3) is 0 Å². The molecule has 3 rings (SSSR count). The lowest BCUT2D eigenvalue weighted by atomic mass is 10.1. The largest absolute Gasteiger partial charge is 0.352 e. The van der Waals surface area contributed by atoms with Crippen molar-refractivity contribution in [2.75, 3.05) is 0 Å². The molecule has 6 heteroatoms. The van der Waals surface area contributed by atoms with Gasteiger partial charge < -0.3 is 10.2 Å². The topological polar surface area (TPSA) is 49.4 Å². The van der Waals surface area contributed by atoms with Crippen LogP contribution in [-0.2, 0) is 22.6 Å². The van der Waals surface area contributed by atoms with Crippen LogP contribution < -0.4 is 5.32 Å². The smallest absolute Gasteiger partial charge is 0.242 e. The summed E-state index contributed by atoms with van der Waals surface area (Å²) in [6.07, 6.45) is 5.20. The molecule has 2 aromatic carbocycles. The van der Waals surface area contributed by atoms with Crippen LogP contribution in [0.4, 0.5) is 0 Å². The Morgan fingerprint density at radius 1 is 1.13 bits per heavy atom. The summed E-state index contributed by atoms with van der Waals surface area (Å²) in [6.45, 7) is 2.21. The summed E-state index contributed by atoms with van der Waals surface area (Å²) in [5.74, 6) is -0.128. The fourth-order valence-corrected chi connectivity index (χ4v) is 4.34. The Morgan fingerprint density at radius 3 is 2.47 bits per heavy atom. The molecule has 0 radical (unpaired) electrons. The summed E-state index contributed by atoms with van der Waals surface area (Å²) < 4.78 is 0.981. The second-order valence-corrected chi connectivity index (χ2v) is 9.23. The third-order valence-electron chi connectivity index (χ3n) is 5.70. The molecule has 1 aliphatic rings. The van der Waals surface area contributed by atoms with Crippen LogP contribution in [0, 0.1) is 0 Å². The molecule has 0 aromatic heterocycles. The van der Waals surface area contributed by atoms with Crippen LogP contribution in [0.15, 0.2) is 53.0 Å². The summed E-state index contributed by atoms with van der Waals surface area (Å²) in [5, 5.41) is 3.79. The minimum atomic E-state index is -0.534. The number of benzene rings is 2. The van der Waals surface area contributed by atoms with E-state index in [-0.39, 0.29) is 17.9 Å². The van der Waals surface area contributed by atoms with Crippen molar-refractivity contribution in [1.29, 1.82) is 0 Å². The maximum atomic E-state index is 13.2. The van der Waals surface area contributed by atoms with E-state index in [1.807, 2.05) is 55.5 Å². The first-order valence-electron chi connectivity index (χ1n) is 10.5. The number of hydrogen-bond donors (Lipinski definition) is 1. The summed E-state index contributed by atoms with van der Waals surface area (Å²) in [6, 6.07) is 15.1. The van der Waals surface area contributed by atoms with Gasteiger partial charge >= 0.3 is 0 Å². The summed E-state index contributed by atoms with van der Waals surface area (Å²) in [4.78, 5) is 27.7. The molecule has 2 aromatic rings. The molecular weight excluding hydrogens is 464 g/mol. The molecule has 1 atom stereocenters. The number of aryl methyl sites for hydroxylation is 1. The number of carbonyl (C=O) groups excluding carboxylic acids is 2. The predicted molar refractivity (Wildman–Crippen MR) is 124 cm³/mol. The zero-order valence-electron chi connectivity index (χ0n) is 17.2. The second kappa shape index (κ2) is 11.0. The van der Waals surface area contributed by atoms with Crippen LogP contribution in [0.5, 0.6) is 0 Å². The average molecular weight is 492 g/mol. The van der Waals surface area contributed by atoms with Gasteiger partial charge in [0.1, 0.15) is 6.04 Å². The molecule has 4 nitrogen and oxygen atoms in total. The zero-order valence-corrected chi connectivity index (χ0v) is 19.6. The number of nitrogens with zero attached hydrogens (tertiary/aromatic N) is 1. The van der Waals surface area contributed by atoms with E-state index in [1.165, 1.54) is 0 Å². The molecule has 0 heterocycles. The van der Waals surface area contributed by atoms with Crippen molar-refractivity contribution in [3.8, 4) is 0 Å². The average Bonchev–Trinajstić information content (AvgIpc) is 3.25. The van der Waals surface area contributed by atoms with E-state index in [2.05, 4.69) is 21.2 Å². The van der Waals surface area contributed by atoms with E-state index in [4.69, 9.17) is 11.6 Å². The summed E-state index contributed by atoms with van der Waals surface area (Å²) in [7, 11) is 0. The molecule has 2 amide bonds. The maximum Gasteiger partial charge on any atom is 0.242 e. The summed E-state index contributed by atoms with van der Waals surface area (Å²) >= 11 is 9.69. The normalized spacial score (nSPS) is 15.0. The van der Waals surface area contributed by atoms with E-state index in [0.29, 0.717) is 24.4 Å². The van der Waals surface area contributed by atoms with Crippen molar-refractivity contribution in [1.82, 2.24) is 10.2 Å². The number of amides is 2. The Balaban J connectivity index is 1.71. The van der Waals surface area contributed by atoms with Crippen molar-refractivity contribution in [3.05, 3.63) is 69.2 Å². The first-order valence-corrected chi connectivity index (χ1v) is 11.7. The van der Waals surface area contributed by atoms with Crippen molar-refractivity contribution in [2.24, 2.45) is 0 Å². The molecule has 0 aliphatic heterocycles. The van der Waals surface area contributed by atoms with Gasteiger partial charge in [0.25, 0.3) is 0 Å². The maximum absolute atomic E-state index is 13.2. The highest BCUT2D eigenvalue weighted by atomic mass is 79.9. The van der Waals surface area contributed by atoms with Gasteiger partial charge in [0.15, 0.2) is 0 Å². The van der Waals surface area contributed by atoms with Gasteiger partial charge in [0, 0.05) is 28.5 Å². The van der Waals surface area contributed by atoms with Gasteiger partial charge in [0.05, 0.1) is 0 Å². The van der Waals surface area contributed by atoms with Crippen molar-refractivity contribution in [2.45, 2.75) is 64.1 Å². The molecule has 1 unspecified atom stereocenters. The Labute approximate surface area is 192 Å². The van der Waals surface area contributed by atoms with Gasteiger partial charge in [-0.2, -0.15) is 0 Å². The summed E-state index contributed by atoms with van der Waals surface area (Å²) in [5.41, 5.74) is 1.93. The molecule has 0 bridgehead atoms. The van der Waals surface area contributed by atoms with Gasteiger partial charge in [-0.25, -0.2) is 0 Å². The highest BCUT2D eigenvalue weighted by Gasteiger charge is 2.28. The number of nitrogens with one attached hydrogen (secondary N) is 1. The van der Waals surface area contributed by atoms with E-state index in [1.54, 1.807) is 4.90 Å². The highest BCUT2D eigenvalue weighted by molar-refractivity contribution is 9.10. The van der Waals surface area contributed by atoms with Crippen LogP contribution in [0.2, 0.25) is 5.02 Å². The van der Waals surface area contributed by atoms with Crippen LogP contribution in [0.1, 0.15) is 50.2 Å². The van der Waals surface area contributed by atoms with E-state index in [0.717, 1.165) is 41.3 Å². The lowest BCUT2D eigenvalue weighted by Crippen LogP contribution is -2.49. The molecule has 1 N–H and O–H groups in total. The number of hydrogen-bond acceptors (Lipinski definition) is 2. The zero-order chi connectivity index (χ0) is 21.5.